The summed E-state index contributed by atoms with van der Waals surface area (Å²) in [4.78, 5) is 8.53. The van der Waals surface area contributed by atoms with Crippen LogP contribution < -0.4 is 5.32 Å². The van der Waals surface area contributed by atoms with E-state index < -0.39 is 0 Å². The molecule has 0 unspecified atom stereocenters. The number of anilines is 1. The molecule has 0 amide bonds. The highest BCUT2D eigenvalue weighted by atomic mass is 32.1. The predicted molar refractivity (Wildman–Crippen MR) is 66.7 cm³/mol. The van der Waals surface area contributed by atoms with Crippen LogP contribution in [-0.4, -0.2) is 20.9 Å². The normalized spacial score (nSPS) is 10.4. The topological polar surface area (TPSA) is 50.7 Å². The Hall–Kier alpha value is -1.49. The maximum atomic E-state index is 4.44. The van der Waals surface area contributed by atoms with Crippen LogP contribution in [0.15, 0.2) is 18.5 Å². The van der Waals surface area contributed by atoms with Gasteiger partial charge >= 0.3 is 0 Å². The van der Waals surface area contributed by atoms with Crippen molar-refractivity contribution in [2.24, 2.45) is 0 Å². The molecule has 0 fully saturated rings. The molecule has 2 aromatic heterocycles. The number of rotatable bonds is 4. The van der Waals surface area contributed by atoms with Gasteiger partial charge in [0.25, 0.3) is 0 Å². The minimum atomic E-state index is 0.759. The van der Waals surface area contributed by atoms with Crippen molar-refractivity contribution in [2.75, 3.05) is 11.9 Å². The van der Waals surface area contributed by atoms with Gasteiger partial charge in [0.05, 0.1) is 0 Å². The van der Waals surface area contributed by atoms with Gasteiger partial charge in [-0.05, 0) is 25.0 Å². The number of aryl methyl sites for hydroxylation is 1. The first kappa shape index (κ1) is 11.0. The summed E-state index contributed by atoms with van der Waals surface area (Å²) in [6.07, 6.45) is 4.67. The maximum Gasteiger partial charge on any atom is 0.202 e. The lowest BCUT2D eigenvalue weighted by Gasteiger charge is -1.99. The van der Waals surface area contributed by atoms with Gasteiger partial charge in [-0.15, -0.1) is 0 Å². The van der Waals surface area contributed by atoms with E-state index in [0.29, 0.717) is 0 Å². The summed E-state index contributed by atoms with van der Waals surface area (Å²) < 4.78 is 4.33. The largest absolute Gasteiger partial charge is 0.360 e. The lowest BCUT2D eigenvalue weighted by atomic mass is 10.1. The Morgan fingerprint density at radius 2 is 2.31 bits per heavy atom. The molecule has 2 rings (SSSR count). The summed E-state index contributed by atoms with van der Waals surface area (Å²) in [6, 6.07) is 1.97. The van der Waals surface area contributed by atoms with Crippen LogP contribution in [0.1, 0.15) is 18.9 Å². The van der Waals surface area contributed by atoms with Gasteiger partial charge in [-0.3, -0.25) is 4.98 Å². The van der Waals surface area contributed by atoms with E-state index in [1.807, 2.05) is 13.0 Å². The van der Waals surface area contributed by atoms with Crippen LogP contribution in [0.5, 0.6) is 0 Å². The molecule has 5 heteroatoms. The predicted octanol–water partition coefficient (Wildman–Crippen LogP) is 2.73. The van der Waals surface area contributed by atoms with Crippen molar-refractivity contribution in [3.63, 3.8) is 0 Å². The third-order valence-electron chi connectivity index (χ3n) is 2.23. The zero-order chi connectivity index (χ0) is 11.4. The Kier molecular flexibility index (Phi) is 3.46. The molecule has 16 heavy (non-hydrogen) atoms. The van der Waals surface area contributed by atoms with Gasteiger partial charge in [0.15, 0.2) is 5.82 Å². The molecule has 0 aromatic carbocycles. The van der Waals surface area contributed by atoms with Crippen LogP contribution in [0, 0.1) is 6.92 Å². The molecule has 2 aromatic rings. The number of hydrogen-bond acceptors (Lipinski definition) is 5. The molecule has 0 spiro atoms. The summed E-state index contributed by atoms with van der Waals surface area (Å²) in [7, 11) is 0. The van der Waals surface area contributed by atoms with Crippen molar-refractivity contribution >= 4 is 16.7 Å². The highest BCUT2D eigenvalue weighted by Gasteiger charge is 2.08. The molecule has 2 heterocycles. The summed E-state index contributed by atoms with van der Waals surface area (Å²) in [6.45, 7) is 5.10. The van der Waals surface area contributed by atoms with Crippen LogP contribution in [0.3, 0.4) is 0 Å². The van der Waals surface area contributed by atoms with E-state index in [2.05, 4.69) is 26.6 Å². The Morgan fingerprint density at radius 1 is 1.44 bits per heavy atom. The monoisotopic (exact) mass is 234 g/mol. The Balaban J connectivity index is 2.22. The number of hydrogen-bond donors (Lipinski definition) is 1. The molecule has 0 aliphatic heterocycles. The molecule has 0 saturated carbocycles. The second-order valence-electron chi connectivity index (χ2n) is 3.54. The molecule has 84 valence electrons. The van der Waals surface area contributed by atoms with Crippen LogP contribution in [0.2, 0.25) is 0 Å². The van der Waals surface area contributed by atoms with Crippen LogP contribution >= 0.6 is 11.5 Å². The Bertz CT molecular complexity index is 467. The number of aromatic nitrogens is 3. The maximum absolute atomic E-state index is 4.44. The molecule has 0 aliphatic rings. The molecule has 1 N–H and O–H groups in total. The first-order valence-electron chi connectivity index (χ1n) is 5.30. The van der Waals surface area contributed by atoms with E-state index in [-0.39, 0.29) is 0 Å². The lowest BCUT2D eigenvalue weighted by Crippen LogP contribution is -1.98. The van der Waals surface area contributed by atoms with Crippen LogP contribution in [-0.2, 0) is 0 Å². The molecule has 0 radical (unpaired) electrons. The molecule has 0 atom stereocenters. The zero-order valence-electron chi connectivity index (χ0n) is 9.40. The second-order valence-corrected chi connectivity index (χ2v) is 4.29. The van der Waals surface area contributed by atoms with Crippen molar-refractivity contribution in [3.8, 4) is 11.4 Å². The lowest BCUT2D eigenvalue weighted by molar-refractivity contribution is 0.976. The van der Waals surface area contributed by atoms with Gasteiger partial charge in [0.2, 0.25) is 5.13 Å². The van der Waals surface area contributed by atoms with E-state index >= 15 is 0 Å². The fourth-order valence-electron chi connectivity index (χ4n) is 1.33. The fourth-order valence-corrected chi connectivity index (χ4v) is 1.94. The highest BCUT2D eigenvalue weighted by molar-refractivity contribution is 7.09. The Morgan fingerprint density at radius 3 is 3.06 bits per heavy atom. The summed E-state index contributed by atoms with van der Waals surface area (Å²) >= 11 is 1.39. The van der Waals surface area contributed by atoms with Crippen molar-refractivity contribution in [2.45, 2.75) is 20.3 Å². The molecule has 0 saturated heterocycles. The summed E-state index contributed by atoms with van der Waals surface area (Å²) in [5, 5.41) is 4.10. The third kappa shape index (κ3) is 2.36. The molecular weight excluding hydrogens is 220 g/mol. The highest BCUT2D eigenvalue weighted by Crippen LogP contribution is 2.22. The second kappa shape index (κ2) is 5.03. The van der Waals surface area contributed by atoms with Gasteiger partial charge in [0.1, 0.15) is 0 Å². The van der Waals surface area contributed by atoms with E-state index in [4.69, 9.17) is 0 Å². The number of nitrogens with zero attached hydrogens (tertiary/aromatic N) is 3. The molecule has 0 aliphatic carbocycles. The average Bonchev–Trinajstić information content (AvgIpc) is 2.75. The summed E-state index contributed by atoms with van der Waals surface area (Å²) in [5.41, 5.74) is 2.15. The average molecular weight is 234 g/mol. The van der Waals surface area contributed by atoms with Crippen molar-refractivity contribution < 1.29 is 0 Å². The van der Waals surface area contributed by atoms with Gasteiger partial charge in [0, 0.05) is 36.0 Å². The van der Waals surface area contributed by atoms with E-state index in [9.17, 15) is 0 Å². The number of nitrogens with one attached hydrogen (secondary N) is 1. The van der Waals surface area contributed by atoms with E-state index in [1.165, 1.54) is 11.5 Å². The zero-order valence-corrected chi connectivity index (χ0v) is 10.2. The fraction of sp³-hybridized carbons (Fsp3) is 0.364. The van der Waals surface area contributed by atoms with Crippen LogP contribution in [0.25, 0.3) is 11.4 Å². The van der Waals surface area contributed by atoms with Gasteiger partial charge in [-0.1, -0.05) is 6.92 Å². The number of pyridine rings is 1. The van der Waals surface area contributed by atoms with Crippen molar-refractivity contribution in [1.29, 1.82) is 0 Å². The van der Waals surface area contributed by atoms with Gasteiger partial charge in [-0.2, -0.15) is 9.36 Å². The SMILES string of the molecule is CCCNc1nc(-c2cnccc2C)ns1. The van der Waals surface area contributed by atoms with E-state index in [0.717, 1.165) is 35.0 Å². The minimum absolute atomic E-state index is 0.759. The Labute approximate surface area is 98.9 Å². The molecule has 4 nitrogen and oxygen atoms in total. The summed E-state index contributed by atoms with van der Waals surface area (Å²) in [5.74, 6) is 0.759. The van der Waals surface area contributed by atoms with Crippen molar-refractivity contribution in [3.05, 3.63) is 24.0 Å². The first-order valence-corrected chi connectivity index (χ1v) is 6.07. The van der Waals surface area contributed by atoms with Crippen LogP contribution in [0.4, 0.5) is 5.13 Å². The third-order valence-corrected chi connectivity index (χ3v) is 2.91. The first-order chi connectivity index (χ1) is 7.81. The van der Waals surface area contributed by atoms with Gasteiger partial charge < -0.3 is 5.32 Å². The quantitative estimate of drug-likeness (QED) is 0.883. The van der Waals surface area contributed by atoms with E-state index in [1.54, 1.807) is 12.4 Å². The van der Waals surface area contributed by atoms with Gasteiger partial charge in [-0.25, -0.2) is 0 Å². The molecular formula is C11H14N4S. The standard InChI is InChI=1S/C11H14N4S/c1-3-5-13-11-14-10(15-16-11)9-7-12-6-4-8(9)2/h4,6-7H,3,5H2,1-2H3,(H,13,14,15). The van der Waals surface area contributed by atoms with Crippen molar-refractivity contribution in [1.82, 2.24) is 14.3 Å². The molecule has 0 bridgehead atoms. The minimum Gasteiger partial charge on any atom is -0.360 e. The smallest absolute Gasteiger partial charge is 0.202 e.